The predicted octanol–water partition coefficient (Wildman–Crippen LogP) is 5.71. The van der Waals surface area contributed by atoms with Crippen LogP contribution < -0.4 is 9.47 Å². The number of benzene rings is 3. The first-order chi connectivity index (χ1) is 17.5. The Hall–Kier alpha value is -3.30. The maximum absolute atomic E-state index is 10.2. The third-order valence-corrected chi connectivity index (χ3v) is 5.52. The lowest BCUT2D eigenvalue weighted by molar-refractivity contribution is 0.0223. The highest BCUT2D eigenvalue weighted by Gasteiger charge is 2.14. The third-order valence-electron chi connectivity index (χ3n) is 5.05. The van der Waals surface area contributed by atoms with Gasteiger partial charge in [0.25, 0.3) is 0 Å². The Kier molecular flexibility index (Phi) is 9.02. The van der Waals surface area contributed by atoms with Crippen LogP contribution in [0.4, 0.5) is 11.4 Å². The first-order valence-corrected chi connectivity index (χ1v) is 11.9. The monoisotopic (exact) mass is 530 g/mol. The number of fused-ring (bicyclic) bond motifs is 1. The Morgan fingerprint density at radius 2 is 1.03 bits per heavy atom. The lowest BCUT2D eigenvalue weighted by Gasteiger charge is -2.16. The molecular formula is C26H24Cl2N2O6. The highest BCUT2D eigenvalue weighted by atomic mass is 35.5. The van der Waals surface area contributed by atoms with Crippen LogP contribution >= 0.6 is 23.2 Å². The molecule has 0 bridgehead atoms. The zero-order valence-corrected chi connectivity index (χ0v) is 20.7. The minimum atomic E-state index is 0.0279. The van der Waals surface area contributed by atoms with Crippen molar-refractivity contribution in [2.24, 2.45) is 9.98 Å². The number of hydrogen-bond acceptors (Lipinski definition) is 8. The molecule has 3 aromatic carbocycles. The fourth-order valence-corrected chi connectivity index (χ4v) is 3.61. The molecule has 10 heteroatoms. The molecule has 1 aliphatic heterocycles. The number of aromatic hydroxyl groups is 2. The topological polar surface area (TPSA) is 102 Å². The Morgan fingerprint density at radius 3 is 1.47 bits per heavy atom. The average Bonchev–Trinajstić information content (AvgIpc) is 2.86. The normalized spacial score (nSPS) is 15.1. The van der Waals surface area contributed by atoms with E-state index in [9.17, 15) is 10.2 Å². The van der Waals surface area contributed by atoms with Crippen LogP contribution in [0, 0.1) is 0 Å². The zero-order chi connectivity index (χ0) is 25.3. The number of nitrogens with zero attached hydrogens (tertiary/aromatic N) is 2. The van der Waals surface area contributed by atoms with Gasteiger partial charge in [0.15, 0.2) is 11.5 Å². The van der Waals surface area contributed by atoms with Gasteiger partial charge in [-0.3, -0.25) is 9.98 Å². The number of rotatable bonds is 4. The number of phenolic OH excluding ortho intramolecular Hbond substituents is 2. The molecule has 0 aromatic heterocycles. The van der Waals surface area contributed by atoms with Crippen molar-refractivity contribution >= 4 is 47.0 Å². The lowest BCUT2D eigenvalue weighted by Crippen LogP contribution is -2.15. The van der Waals surface area contributed by atoms with Crippen LogP contribution in [0.2, 0.25) is 10.0 Å². The molecule has 188 valence electrons. The van der Waals surface area contributed by atoms with Crippen molar-refractivity contribution < 1.29 is 29.2 Å². The molecule has 0 saturated carbocycles. The van der Waals surface area contributed by atoms with Gasteiger partial charge in [-0.1, -0.05) is 23.2 Å². The largest absolute Gasteiger partial charge is 0.507 e. The highest BCUT2D eigenvalue weighted by molar-refractivity contribution is 6.31. The van der Waals surface area contributed by atoms with Gasteiger partial charge in [-0.25, -0.2) is 0 Å². The van der Waals surface area contributed by atoms with Gasteiger partial charge in [-0.15, -0.1) is 0 Å². The van der Waals surface area contributed by atoms with E-state index in [0.717, 1.165) is 0 Å². The Bertz CT molecular complexity index is 1170. The molecule has 0 spiro atoms. The van der Waals surface area contributed by atoms with Gasteiger partial charge in [0.05, 0.1) is 37.8 Å². The summed E-state index contributed by atoms with van der Waals surface area (Å²) in [4.78, 5) is 9.06. The molecule has 0 atom stereocenters. The van der Waals surface area contributed by atoms with Crippen LogP contribution in [0.1, 0.15) is 11.1 Å². The Balaban J connectivity index is 1.74. The summed E-state index contributed by atoms with van der Waals surface area (Å²) in [5.74, 6) is 0.956. The van der Waals surface area contributed by atoms with Crippen LogP contribution in [0.5, 0.6) is 23.0 Å². The van der Waals surface area contributed by atoms with E-state index in [4.69, 9.17) is 42.1 Å². The van der Waals surface area contributed by atoms with E-state index in [1.807, 2.05) is 0 Å². The Morgan fingerprint density at radius 1 is 0.611 bits per heavy atom. The smallest absolute Gasteiger partial charge is 0.163 e. The first-order valence-electron chi connectivity index (χ1n) is 11.1. The molecule has 36 heavy (non-hydrogen) atoms. The maximum Gasteiger partial charge on any atom is 0.163 e. The highest BCUT2D eigenvalue weighted by Crippen LogP contribution is 2.40. The summed E-state index contributed by atoms with van der Waals surface area (Å²) in [5.41, 5.74) is 1.72. The minimum absolute atomic E-state index is 0.0279. The molecule has 8 nitrogen and oxygen atoms in total. The van der Waals surface area contributed by atoms with Gasteiger partial charge in [-0.2, -0.15) is 0 Å². The van der Waals surface area contributed by atoms with Gasteiger partial charge >= 0.3 is 0 Å². The molecule has 0 unspecified atom stereocenters. The number of aliphatic imine (C=N–C) groups is 2. The number of ether oxygens (including phenoxy) is 4. The molecule has 0 fully saturated rings. The number of halogens is 2. The molecule has 0 radical (unpaired) electrons. The second kappa shape index (κ2) is 12.6. The van der Waals surface area contributed by atoms with Crippen molar-refractivity contribution in [3.05, 3.63) is 69.7 Å². The minimum Gasteiger partial charge on any atom is -0.507 e. The summed E-state index contributed by atoms with van der Waals surface area (Å²) in [6.45, 7) is 2.30. The standard InChI is InChI=1S/C26H24Cl2N2O6/c27-19-1-3-23(31)17(11-19)15-29-21-13-25-26(36-10-8-34-6-5-33-7-9-35-25)14-22(21)30-16-18-12-20(28)2-4-24(18)32/h1-4,11-16,31-32H,5-10H2. The molecular weight excluding hydrogens is 507 g/mol. The first kappa shape index (κ1) is 25.8. The molecule has 3 aromatic rings. The maximum atomic E-state index is 10.2. The Labute approximate surface area is 218 Å². The van der Waals surface area contributed by atoms with Crippen LogP contribution in [0.3, 0.4) is 0 Å². The quantitative estimate of drug-likeness (QED) is 0.419. The summed E-state index contributed by atoms with van der Waals surface area (Å²) in [7, 11) is 0. The fourth-order valence-electron chi connectivity index (χ4n) is 3.25. The van der Waals surface area contributed by atoms with Gasteiger partial charge in [0.1, 0.15) is 24.7 Å². The predicted molar refractivity (Wildman–Crippen MR) is 140 cm³/mol. The van der Waals surface area contributed by atoms with E-state index < -0.39 is 0 Å². The van der Waals surface area contributed by atoms with E-state index in [-0.39, 0.29) is 11.5 Å². The molecule has 1 heterocycles. The molecule has 0 amide bonds. The van der Waals surface area contributed by atoms with Crippen molar-refractivity contribution in [3.8, 4) is 23.0 Å². The van der Waals surface area contributed by atoms with Crippen molar-refractivity contribution in [1.82, 2.24) is 0 Å². The second-order valence-electron chi connectivity index (χ2n) is 7.63. The van der Waals surface area contributed by atoms with Gasteiger partial charge in [0, 0.05) is 45.7 Å². The van der Waals surface area contributed by atoms with Gasteiger partial charge in [-0.05, 0) is 36.4 Å². The third kappa shape index (κ3) is 7.11. The van der Waals surface area contributed by atoms with Crippen LogP contribution in [-0.2, 0) is 9.47 Å². The summed E-state index contributed by atoms with van der Waals surface area (Å²) in [5, 5.41) is 21.3. The summed E-state index contributed by atoms with van der Waals surface area (Å²) in [6.07, 6.45) is 2.96. The fraction of sp³-hybridized carbons (Fsp3) is 0.231. The van der Waals surface area contributed by atoms with E-state index in [1.54, 1.807) is 36.4 Å². The molecule has 2 N–H and O–H groups in total. The van der Waals surface area contributed by atoms with Crippen molar-refractivity contribution in [2.45, 2.75) is 0 Å². The SMILES string of the molecule is Oc1ccc(Cl)cc1C=Nc1cc2c(cc1N=Cc1cc(Cl)ccc1O)OCCOCCOCCO2. The molecule has 1 aliphatic rings. The van der Waals surface area contributed by atoms with E-state index in [2.05, 4.69) is 9.98 Å². The summed E-state index contributed by atoms with van der Waals surface area (Å²) >= 11 is 12.1. The summed E-state index contributed by atoms with van der Waals surface area (Å²) < 4.78 is 22.8. The van der Waals surface area contributed by atoms with Gasteiger partial charge < -0.3 is 29.2 Å². The van der Waals surface area contributed by atoms with Crippen molar-refractivity contribution in [3.63, 3.8) is 0 Å². The average molecular weight is 531 g/mol. The summed E-state index contributed by atoms with van der Waals surface area (Å²) in [6, 6.07) is 12.7. The van der Waals surface area contributed by atoms with Crippen molar-refractivity contribution in [1.29, 1.82) is 0 Å². The van der Waals surface area contributed by atoms with Crippen LogP contribution in [-0.4, -0.2) is 62.3 Å². The van der Waals surface area contributed by atoms with Crippen LogP contribution in [0.15, 0.2) is 58.5 Å². The van der Waals surface area contributed by atoms with E-state index >= 15 is 0 Å². The molecule has 0 aliphatic carbocycles. The molecule has 0 saturated heterocycles. The number of hydrogen-bond donors (Lipinski definition) is 2. The van der Waals surface area contributed by atoms with E-state index in [0.29, 0.717) is 83.7 Å². The number of phenols is 2. The van der Waals surface area contributed by atoms with E-state index in [1.165, 1.54) is 24.6 Å². The second-order valence-corrected chi connectivity index (χ2v) is 8.50. The molecule has 4 rings (SSSR count). The van der Waals surface area contributed by atoms with Gasteiger partial charge in [0.2, 0.25) is 0 Å². The van der Waals surface area contributed by atoms with Crippen LogP contribution in [0.25, 0.3) is 0 Å². The lowest BCUT2D eigenvalue weighted by atomic mass is 10.2. The zero-order valence-electron chi connectivity index (χ0n) is 19.2. The van der Waals surface area contributed by atoms with Crippen molar-refractivity contribution in [2.75, 3.05) is 39.6 Å².